The van der Waals surface area contributed by atoms with E-state index in [-0.39, 0.29) is 0 Å². The van der Waals surface area contributed by atoms with Gasteiger partial charge in [-0.2, -0.15) is 0 Å². The molecule has 0 aromatic rings. The van der Waals surface area contributed by atoms with Crippen molar-refractivity contribution < 1.29 is 19.1 Å². The Hall–Kier alpha value is -1.58. The fourth-order valence-electron chi connectivity index (χ4n) is 0.940. The fraction of sp³-hybridized carbons (Fsp3) is 0.571. The predicted octanol–water partition coefficient (Wildman–Crippen LogP) is 2.78. The van der Waals surface area contributed by atoms with Crippen LogP contribution in [-0.4, -0.2) is 23.1 Å². The van der Waals surface area contributed by atoms with Crippen LogP contribution in [0.25, 0.3) is 0 Å². The molecule has 18 heavy (non-hydrogen) atoms. The molecule has 102 valence electrons. The Morgan fingerprint density at radius 1 is 0.722 bits per heavy atom. The Labute approximate surface area is 109 Å². The summed E-state index contributed by atoms with van der Waals surface area (Å²) in [5.41, 5.74) is -1.04. The van der Waals surface area contributed by atoms with E-state index in [4.69, 9.17) is 9.47 Å². The fourth-order valence-corrected chi connectivity index (χ4v) is 0.940. The minimum absolute atomic E-state index is 0.448. The van der Waals surface area contributed by atoms with Gasteiger partial charge < -0.3 is 9.47 Å². The zero-order valence-electron chi connectivity index (χ0n) is 11.9. The molecule has 0 rings (SSSR count). The number of rotatable bonds is 3. The van der Waals surface area contributed by atoms with Crippen molar-refractivity contribution in [2.24, 2.45) is 0 Å². The van der Waals surface area contributed by atoms with Crippen LogP contribution in [0.2, 0.25) is 0 Å². The molecule has 0 unspecified atom stereocenters. The molecule has 0 aliphatic heterocycles. The second kappa shape index (κ2) is 6.38. The predicted molar refractivity (Wildman–Crippen MR) is 70.0 cm³/mol. The highest BCUT2D eigenvalue weighted by molar-refractivity contribution is 5.84. The molecule has 0 amide bonds. The Bertz CT molecular complexity index is 315. The summed E-state index contributed by atoms with van der Waals surface area (Å²) in [7, 11) is 0. The van der Waals surface area contributed by atoms with Crippen LogP contribution < -0.4 is 0 Å². The first-order valence-electron chi connectivity index (χ1n) is 5.80. The highest BCUT2D eigenvalue weighted by Crippen LogP contribution is 2.08. The lowest BCUT2D eigenvalue weighted by molar-refractivity contribution is -0.149. The van der Waals surface area contributed by atoms with Gasteiger partial charge in [0.15, 0.2) is 0 Å². The van der Waals surface area contributed by atoms with Gasteiger partial charge in [0.2, 0.25) is 0 Å². The summed E-state index contributed by atoms with van der Waals surface area (Å²) < 4.78 is 10.1. The highest BCUT2D eigenvalue weighted by Gasteiger charge is 2.14. The number of carbonyl (C=O) groups is 2. The third-order valence-corrected chi connectivity index (χ3v) is 1.39. The lowest BCUT2D eigenvalue weighted by atomic mass is 10.2. The summed E-state index contributed by atoms with van der Waals surface area (Å²) in [5.74, 6) is -0.896. The zero-order chi connectivity index (χ0) is 14.4. The summed E-state index contributed by atoms with van der Waals surface area (Å²) >= 11 is 0. The first-order chi connectivity index (χ1) is 7.99. The van der Waals surface area contributed by atoms with Gasteiger partial charge in [-0.05, 0) is 41.5 Å². The Balaban J connectivity index is 4.17. The van der Waals surface area contributed by atoms with E-state index >= 15 is 0 Å². The molecule has 0 aliphatic rings. The molecule has 0 bridgehead atoms. The van der Waals surface area contributed by atoms with Crippen LogP contribution in [0, 0.1) is 0 Å². The SMILES string of the molecule is CC(C)(C)OC(=O)/C=C\C=C\C(=O)OC(C)(C)C. The van der Waals surface area contributed by atoms with Crippen molar-refractivity contribution in [2.75, 3.05) is 0 Å². The quantitative estimate of drug-likeness (QED) is 0.441. The standard InChI is InChI=1S/C14H22O4/c1-13(2,3)17-11(15)9-7-8-10-12(16)18-14(4,5)6/h7-10H,1-6H3/b9-7-,10-8+. The average Bonchev–Trinajstić information content (AvgIpc) is 2.06. The third kappa shape index (κ3) is 10.9. The van der Waals surface area contributed by atoms with E-state index in [1.54, 1.807) is 41.5 Å². The largest absolute Gasteiger partial charge is 0.457 e. The van der Waals surface area contributed by atoms with Crippen molar-refractivity contribution in [3.63, 3.8) is 0 Å². The molecule has 0 saturated carbocycles. The summed E-state index contributed by atoms with van der Waals surface area (Å²) in [6.07, 6.45) is 5.40. The van der Waals surface area contributed by atoms with E-state index in [1.165, 1.54) is 24.3 Å². The molecule has 0 saturated heterocycles. The molecule has 0 N–H and O–H groups in total. The zero-order valence-corrected chi connectivity index (χ0v) is 11.9. The van der Waals surface area contributed by atoms with Crippen LogP contribution in [0.5, 0.6) is 0 Å². The minimum atomic E-state index is -0.518. The van der Waals surface area contributed by atoms with Crippen LogP contribution in [-0.2, 0) is 19.1 Å². The van der Waals surface area contributed by atoms with Crippen molar-refractivity contribution in [1.82, 2.24) is 0 Å². The van der Waals surface area contributed by atoms with Gasteiger partial charge in [0.25, 0.3) is 0 Å². The lowest BCUT2D eigenvalue weighted by Crippen LogP contribution is -2.22. The smallest absolute Gasteiger partial charge is 0.331 e. The van der Waals surface area contributed by atoms with Crippen molar-refractivity contribution in [3.05, 3.63) is 24.3 Å². The third-order valence-electron chi connectivity index (χ3n) is 1.39. The van der Waals surface area contributed by atoms with Gasteiger partial charge in [-0.1, -0.05) is 12.2 Å². The number of carbonyl (C=O) groups excluding carboxylic acids is 2. The number of ether oxygens (including phenoxy) is 2. The Morgan fingerprint density at radius 2 is 1.00 bits per heavy atom. The molecule has 0 aromatic carbocycles. The topological polar surface area (TPSA) is 52.6 Å². The lowest BCUT2D eigenvalue weighted by Gasteiger charge is -2.18. The molecular weight excluding hydrogens is 232 g/mol. The van der Waals surface area contributed by atoms with Crippen LogP contribution >= 0.6 is 0 Å². The van der Waals surface area contributed by atoms with E-state index in [2.05, 4.69) is 0 Å². The van der Waals surface area contributed by atoms with Gasteiger partial charge in [0.1, 0.15) is 11.2 Å². The van der Waals surface area contributed by atoms with Gasteiger partial charge in [0, 0.05) is 12.2 Å². The molecule has 0 aliphatic carbocycles. The summed E-state index contributed by atoms with van der Waals surface area (Å²) in [5, 5.41) is 0. The number of hydrogen-bond acceptors (Lipinski definition) is 4. The Morgan fingerprint density at radius 3 is 1.22 bits per heavy atom. The summed E-state index contributed by atoms with van der Waals surface area (Å²) in [6.45, 7) is 10.7. The Kier molecular flexibility index (Phi) is 5.82. The van der Waals surface area contributed by atoms with Gasteiger partial charge in [-0.15, -0.1) is 0 Å². The second-order valence-electron chi connectivity index (χ2n) is 5.79. The van der Waals surface area contributed by atoms with Crippen molar-refractivity contribution >= 4 is 11.9 Å². The molecule has 0 atom stereocenters. The van der Waals surface area contributed by atoms with Gasteiger partial charge in [-0.25, -0.2) is 9.59 Å². The van der Waals surface area contributed by atoms with E-state index in [1.807, 2.05) is 0 Å². The van der Waals surface area contributed by atoms with E-state index in [0.29, 0.717) is 0 Å². The monoisotopic (exact) mass is 254 g/mol. The van der Waals surface area contributed by atoms with Crippen LogP contribution in [0.4, 0.5) is 0 Å². The van der Waals surface area contributed by atoms with E-state index in [9.17, 15) is 9.59 Å². The van der Waals surface area contributed by atoms with Gasteiger partial charge in [0.05, 0.1) is 0 Å². The van der Waals surface area contributed by atoms with E-state index in [0.717, 1.165) is 0 Å². The molecule has 4 heteroatoms. The molecule has 0 spiro atoms. The van der Waals surface area contributed by atoms with Crippen molar-refractivity contribution in [2.45, 2.75) is 52.7 Å². The van der Waals surface area contributed by atoms with Crippen molar-refractivity contribution in [3.8, 4) is 0 Å². The van der Waals surface area contributed by atoms with Crippen LogP contribution in [0.1, 0.15) is 41.5 Å². The molecule has 0 heterocycles. The van der Waals surface area contributed by atoms with Gasteiger partial charge in [-0.3, -0.25) is 0 Å². The summed E-state index contributed by atoms with van der Waals surface area (Å²) in [4.78, 5) is 22.5. The highest BCUT2D eigenvalue weighted by atomic mass is 16.6. The average molecular weight is 254 g/mol. The van der Waals surface area contributed by atoms with Crippen LogP contribution in [0.3, 0.4) is 0 Å². The molecule has 0 fully saturated rings. The first-order valence-corrected chi connectivity index (χ1v) is 5.80. The van der Waals surface area contributed by atoms with E-state index < -0.39 is 23.1 Å². The van der Waals surface area contributed by atoms with Crippen LogP contribution in [0.15, 0.2) is 24.3 Å². The molecule has 0 aromatic heterocycles. The first kappa shape index (κ1) is 16.4. The number of allylic oxidation sites excluding steroid dienone is 2. The molecule has 4 nitrogen and oxygen atoms in total. The number of esters is 2. The second-order valence-corrected chi connectivity index (χ2v) is 5.79. The normalized spacial score (nSPS) is 13.0. The number of hydrogen-bond donors (Lipinski definition) is 0. The molecular formula is C14H22O4. The van der Waals surface area contributed by atoms with Crippen molar-refractivity contribution in [1.29, 1.82) is 0 Å². The van der Waals surface area contributed by atoms with Gasteiger partial charge >= 0.3 is 11.9 Å². The maximum atomic E-state index is 11.3. The maximum Gasteiger partial charge on any atom is 0.331 e. The summed E-state index contributed by atoms with van der Waals surface area (Å²) in [6, 6.07) is 0. The minimum Gasteiger partial charge on any atom is -0.457 e. The molecule has 0 radical (unpaired) electrons. The maximum absolute atomic E-state index is 11.3.